The lowest BCUT2D eigenvalue weighted by Crippen LogP contribution is -2.45. The van der Waals surface area contributed by atoms with Gasteiger partial charge in [0, 0.05) is 75.0 Å². The summed E-state index contributed by atoms with van der Waals surface area (Å²) in [5.74, 6) is 1.06. The number of hydrogen-bond acceptors (Lipinski definition) is 6. The van der Waals surface area contributed by atoms with Gasteiger partial charge in [0.1, 0.15) is 0 Å². The summed E-state index contributed by atoms with van der Waals surface area (Å²) in [6, 6.07) is 6.10. The number of hydrogen-bond donors (Lipinski definition) is 0. The first-order chi connectivity index (χ1) is 18.7. The van der Waals surface area contributed by atoms with E-state index in [2.05, 4.69) is 84.7 Å². The molecule has 9 aliphatic rings. The molecule has 1 aliphatic carbocycles. The first-order valence-electron chi connectivity index (χ1n) is 16.6. The van der Waals surface area contributed by atoms with Crippen molar-refractivity contribution in [3.8, 4) is 0 Å². The van der Waals surface area contributed by atoms with Crippen molar-refractivity contribution < 1.29 is 0 Å². The Labute approximate surface area is 264 Å². The van der Waals surface area contributed by atoms with Gasteiger partial charge in [-0.1, -0.05) is 47.8 Å². The highest BCUT2D eigenvalue weighted by Crippen LogP contribution is 2.34. The van der Waals surface area contributed by atoms with Crippen molar-refractivity contribution in [2.45, 2.75) is 143 Å². The summed E-state index contributed by atoms with van der Waals surface area (Å²) < 4.78 is 0. The van der Waals surface area contributed by atoms with Gasteiger partial charge in [0.25, 0.3) is 0 Å². The van der Waals surface area contributed by atoms with Crippen LogP contribution in [0.4, 0.5) is 0 Å². The Bertz CT molecular complexity index is 713. The Kier molecular flexibility index (Phi) is 16.8. The highest BCUT2D eigenvalue weighted by atomic mass is 15.3. The van der Waals surface area contributed by atoms with Gasteiger partial charge in [-0.15, -0.1) is 0 Å². The minimum Gasteiger partial charge on any atom is -0.303 e. The van der Waals surface area contributed by atoms with E-state index in [1.165, 1.54) is 90.5 Å². The van der Waals surface area contributed by atoms with Crippen LogP contribution in [-0.4, -0.2) is 147 Å². The van der Waals surface area contributed by atoms with Crippen LogP contribution in [-0.2, 0) is 0 Å². The Hall–Kier alpha value is -0.500. The predicted octanol–water partition coefficient (Wildman–Crippen LogP) is 6.23. The number of piperidine rings is 2. The van der Waals surface area contributed by atoms with E-state index < -0.39 is 0 Å². The highest BCUT2D eigenvalue weighted by molar-refractivity contribution is 5.15. The van der Waals surface area contributed by atoms with Crippen LogP contribution in [0.25, 0.3) is 0 Å². The molecule has 6 unspecified atom stereocenters. The van der Waals surface area contributed by atoms with Crippen LogP contribution in [0, 0.1) is 5.92 Å². The molecule has 0 N–H and O–H groups in total. The number of fused-ring (bicyclic) bond motifs is 9. The Balaban J connectivity index is 0.000000268. The van der Waals surface area contributed by atoms with Crippen molar-refractivity contribution >= 4 is 0 Å². The molecule has 42 heavy (non-hydrogen) atoms. The van der Waals surface area contributed by atoms with Crippen LogP contribution in [0.5, 0.6) is 0 Å². The van der Waals surface area contributed by atoms with Crippen molar-refractivity contribution in [3.63, 3.8) is 0 Å². The molecule has 0 spiro atoms. The Morgan fingerprint density at radius 3 is 1.14 bits per heavy atom. The molecule has 0 radical (unpaired) electrons. The fourth-order valence-corrected chi connectivity index (χ4v) is 8.71. The summed E-state index contributed by atoms with van der Waals surface area (Å²) in [5.41, 5.74) is 1.60. The van der Waals surface area contributed by atoms with E-state index in [0.29, 0.717) is 0 Å². The molecule has 0 aromatic rings. The highest BCUT2D eigenvalue weighted by Gasteiger charge is 2.40. The third-order valence-electron chi connectivity index (χ3n) is 11.5. The molecular formula is C36H76N6. The molecular weight excluding hydrogens is 516 g/mol. The van der Waals surface area contributed by atoms with Gasteiger partial charge < -0.3 is 24.5 Å². The molecule has 0 amide bonds. The standard InChI is InChI=1S/C9H15N.C8H15N.2C7H14N2.C2H6.3CH4/c1-7-5-8-3-4-9(6-7)10(8)2;1-9-6-7-2-4-8(9)5-3-7;2*1-8-4-7-3-6(8)5-9(7)2;1-2;;;/h5,8-9H,3-4,6H2,1-2H3;7-8H,2-6H2,1H3;2*6-7H,3-5H2,1-2H3;1-2H3;3*1H4. The molecule has 8 heterocycles. The second kappa shape index (κ2) is 17.8. The predicted molar refractivity (Wildman–Crippen MR) is 188 cm³/mol. The normalized spacial score (nSPS) is 38.2. The Morgan fingerprint density at radius 1 is 0.500 bits per heavy atom. The van der Waals surface area contributed by atoms with Crippen LogP contribution in [0.1, 0.15) is 101 Å². The van der Waals surface area contributed by atoms with Crippen LogP contribution in [0.2, 0.25) is 0 Å². The lowest BCUT2D eigenvalue weighted by Gasteiger charge is -2.43. The first-order valence-corrected chi connectivity index (χ1v) is 16.6. The molecule has 8 bridgehead atoms. The number of likely N-dealkylation sites (N-methyl/N-ethyl adjacent to an activating group) is 5. The number of piperazine rings is 2. The van der Waals surface area contributed by atoms with Crippen molar-refractivity contribution in [1.29, 1.82) is 0 Å². The molecule has 8 fully saturated rings. The third-order valence-corrected chi connectivity index (χ3v) is 11.5. The molecule has 1 saturated carbocycles. The largest absolute Gasteiger partial charge is 0.303 e. The molecule has 6 heteroatoms. The van der Waals surface area contributed by atoms with Gasteiger partial charge >= 0.3 is 0 Å². The lowest BCUT2D eigenvalue weighted by molar-refractivity contribution is 0.0727. The van der Waals surface area contributed by atoms with E-state index in [0.717, 1.165) is 48.2 Å². The second-order valence-electron chi connectivity index (χ2n) is 14.1. The van der Waals surface area contributed by atoms with Crippen molar-refractivity contribution in [1.82, 2.24) is 29.4 Å². The van der Waals surface area contributed by atoms with Crippen molar-refractivity contribution in [2.24, 2.45) is 5.92 Å². The van der Waals surface area contributed by atoms with Gasteiger partial charge in [-0.25, -0.2) is 0 Å². The molecule has 7 saturated heterocycles. The summed E-state index contributed by atoms with van der Waals surface area (Å²) in [4.78, 5) is 15.0. The van der Waals surface area contributed by atoms with Gasteiger partial charge in [0.15, 0.2) is 0 Å². The van der Waals surface area contributed by atoms with Crippen molar-refractivity contribution in [2.75, 3.05) is 75.0 Å². The van der Waals surface area contributed by atoms with E-state index in [4.69, 9.17) is 0 Å². The van der Waals surface area contributed by atoms with Gasteiger partial charge in [-0.3, -0.25) is 4.90 Å². The quantitative estimate of drug-likeness (QED) is 0.308. The minimum atomic E-state index is 0. The minimum absolute atomic E-state index is 0. The maximum absolute atomic E-state index is 2.54. The third kappa shape index (κ3) is 9.50. The van der Waals surface area contributed by atoms with Gasteiger partial charge in [0.05, 0.1) is 0 Å². The zero-order valence-electron chi connectivity index (χ0n) is 27.3. The SMILES string of the molecule is C.C.C.CC.CC1=CC2CCC(C1)N2C.CN1CC2CC1CN2C.CN1CC2CC1CN2C.CN1CC2CCC1CC2. The lowest BCUT2D eigenvalue weighted by atomic mass is 9.80. The summed E-state index contributed by atoms with van der Waals surface area (Å²) in [6.07, 6.45) is 15.3. The molecule has 250 valence electrons. The molecule has 8 aliphatic heterocycles. The molecule has 0 aromatic carbocycles. The van der Waals surface area contributed by atoms with Gasteiger partial charge in [-0.2, -0.15) is 0 Å². The fourth-order valence-electron chi connectivity index (χ4n) is 8.71. The van der Waals surface area contributed by atoms with E-state index in [9.17, 15) is 0 Å². The van der Waals surface area contributed by atoms with Crippen LogP contribution < -0.4 is 0 Å². The zero-order chi connectivity index (χ0) is 28.3. The number of rotatable bonds is 0. The summed E-state index contributed by atoms with van der Waals surface area (Å²) in [6.45, 7) is 12.8. The summed E-state index contributed by atoms with van der Waals surface area (Å²) >= 11 is 0. The monoisotopic (exact) mass is 593 g/mol. The van der Waals surface area contributed by atoms with Crippen molar-refractivity contribution in [3.05, 3.63) is 11.6 Å². The van der Waals surface area contributed by atoms with E-state index in [1.54, 1.807) is 5.57 Å². The average molecular weight is 593 g/mol. The number of nitrogens with zero attached hydrogens (tertiary/aromatic N) is 6. The van der Waals surface area contributed by atoms with Gasteiger partial charge in [-0.05, 0) is 113 Å². The van der Waals surface area contributed by atoms with Crippen LogP contribution in [0.15, 0.2) is 11.6 Å². The van der Waals surface area contributed by atoms with E-state index in [1.807, 2.05) is 13.8 Å². The van der Waals surface area contributed by atoms with Crippen LogP contribution in [0.3, 0.4) is 0 Å². The molecule has 6 atom stereocenters. The molecule has 9 rings (SSSR count). The first kappa shape index (κ1) is 39.5. The second-order valence-corrected chi connectivity index (χ2v) is 14.1. The maximum Gasteiger partial charge on any atom is 0.0281 e. The average Bonchev–Trinajstić information content (AvgIpc) is 3.71. The topological polar surface area (TPSA) is 19.4 Å². The van der Waals surface area contributed by atoms with Gasteiger partial charge in [0.2, 0.25) is 0 Å². The number of likely N-dealkylation sites (tertiary alicyclic amines) is 4. The van der Waals surface area contributed by atoms with E-state index in [-0.39, 0.29) is 22.3 Å². The molecule has 0 aromatic heterocycles. The molecule has 6 nitrogen and oxygen atoms in total. The Morgan fingerprint density at radius 2 is 0.881 bits per heavy atom. The zero-order valence-corrected chi connectivity index (χ0v) is 27.3. The maximum atomic E-state index is 2.54. The van der Waals surface area contributed by atoms with E-state index >= 15 is 0 Å². The smallest absolute Gasteiger partial charge is 0.0281 e. The van der Waals surface area contributed by atoms with Crippen LogP contribution >= 0.6 is 0 Å². The summed E-state index contributed by atoms with van der Waals surface area (Å²) in [5, 5.41) is 0. The fraction of sp³-hybridized carbons (Fsp3) is 0.944. The summed E-state index contributed by atoms with van der Waals surface area (Å²) in [7, 11) is 13.5.